The molecule has 1 amide bonds. The van der Waals surface area contributed by atoms with E-state index in [1.54, 1.807) is 13.2 Å². The van der Waals surface area contributed by atoms with E-state index in [1.165, 1.54) is 6.07 Å². The van der Waals surface area contributed by atoms with Gasteiger partial charge < -0.3 is 19.9 Å². The van der Waals surface area contributed by atoms with Gasteiger partial charge in [0.25, 0.3) is 0 Å². The molecule has 0 aliphatic carbocycles. The van der Waals surface area contributed by atoms with E-state index in [4.69, 9.17) is 9.73 Å². The van der Waals surface area contributed by atoms with Crippen LogP contribution in [-0.2, 0) is 22.7 Å². The van der Waals surface area contributed by atoms with E-state index < -0.39 is 0 Å². The molecule has 7 nitrogen and oxygen atoms in total. The second-order valence-electron chi connectivity index (χ2n) is 7.88. The van der Waals surface area contributed by atoms with Crippen LogP contribution >= 0.6 is 24.0 Å². The molecular formula is C22H35FIN5O2. The Labute approximate surface area is 202 Å². The molecule has 2 fully saturated rings. The number of methoxy groups -OCH3 is 1. The monoisotopic (exact) mass is 547 g/mol. The van der Waals surface area contributed by atoms with Gasteiger partial charge in [0.05, 0.1) is 19.7 Å². The molecule has 2 aliphatic heterocycles. The van der Waals surface area contributed by atoms with Crippen molar-refractivity contribution in [3.8, 4) is 0 Å². The quantitative estimate of drug-likeness (QED) is 0.323. The molecule has 2 saturated heterocycles. The summed E-state index contributed by atoms with van der Waals surface area (Å²) in [4.78, 5) is 23.6. The van der Waals surface area contributed by atoms with Gasteiger partial charge in [-0.15, -0.1) is 24.0 Å². The lowest BCUT2D eigenvalue weighted by atomic mass is 10.1. The van der Waals surface area contributed by atoms with Gasteiger partial charge >= 0.3 is 0 Å². The number of carbonyl (C=O) groups is 1. The fourth-order valence-electron chi connectivity index (χ4n) is 3.96. The van der Waals surface area contributed by atoms with Crippen LogP contribution in [0.4, 0.5) is 4.39 Å². The molecule has 31 heavy (non-hydrogen) atoms. The molecule has 3 rings (SSSR count). The highest BCUT2D eigenvalue weighted by atomic mass is 127. The number of aliphatic imine (C=N–C) groups is 1. The minimum Gasteiger partial charge on any atom is -0.380 e. The lowest BCUT2D eigenvalue weighted by molar-refractivity contribution is -0.131. The molecule has 0 radical (unpaired) electrons. The third-order valence-electron chi connectivity index (χ3n) is 5.65. The van der Waals surface area contributed by atoms with E-state index in [9.17, 15) is 9.18 Å². The van der Waals surface area contributed by atoms with Gasteiger partial charge in [-0.3, -0.25) is 9.69 Å². The number of hydrogen-bond donors (Lipinski definition) is 1. The fourth-order valence-corrected chi connectivity index (χ4v) is 3.96. The summed E-state index contributed by atoms with van der Waals surface area (Å²) in [6.07, 6.45) is 2.26. The van der Waals surface area contributed by atoms with Crippen LogP contribution in [0.25, 0.3) is 0 Å². The molecule has 1 aromatic rings. The molecule has 0 aromatic heterocycles. The summed E-state index contributed by atoms with van der Waals surface area (Å²) in [6.45, 7) is 9.25. The predicted molar refractivity (Wildman–Crippen MR) is 131 cm³/mol. The molecule has 1 N–H and O–H groups in total. The molecule has 174 valence electrons. The van der Waals surface area contributed by atoms with Crippen LogP contribution in [0.2, 0.25) is 0 Å². The van der Waals surface area contributed by atoms with E-state index in [2.05, 4.69) is 22.0 Å². The number of rotatable bonds is 7. The van der Waals surface area contributed by atoms with Gasteiger partial charge in [0, 0.05) is 58.5 Å². The number of halogens is 2. The first kappa shape index (κ1) is 25.8. The summed E-state index contributed by atoms with van der Waals surface area (Å²) in [5.74, 6) is 0.862. The summed E-state index contributed by atoms with van der Waals surface area (Å²) in [6, 6.07) is 5.06. The minimum atomic E-state index is -0.254. The van der Waals surface area contributed by atoms with Gasteiger partial charge in [0.2, 0.25) is 5.91 Å². The molecular weight excluding hydrogens is 512 g/mol. The molecule has 9 heteroatoms. The standard InChI is InChI=1S/C22H34FN5O2.HI/c1-3-24-22(25-15-18-6-7-20(23)19(14-18)17-30-2)28-12-10-26(11-13-28)16-21(29)27-8-4-5-9-27;/h6-7,14H,3-5,8-13,15-17H2,1-2H3,(H,24,25);1H. The number of likely N-dealkylation sites (tertiary alicyclic amines) is 1. The number of hydrogen-bond acceptors (Lipinski definition) is 4. The number of benzene rings is 1. The highest BCUT2D eigenvalue weighted by Gasteiger charge is 2.24. The van der Waals surface area contributed by atoms with Gasteiger partial charge in [0.1, 0.15) is 5.82 Å². The molecule has 0 unspecified atom stereocenters. The number of piperazine rings is 1. The van der Waals surface area contributed by atoms with Gasteiger partial charge in [0.15, 0.2) is 5.96 Å². The average molecular weight is 547 g/mol. The zero-order valence-electron chi connectivity index (χ0n) is 18.6. The zero-order valence-corrected chi connectivity index (χ0v) is 20.9. The third-order valence-corrected chi connectivity index (χ3v) is 5.65. The van der Waals surface area contributed by atoms with Crippen molar-refractivity contribution < 1.29 is 13.9 Å². The second-order valence-corrected chi connectivity index (χ2v) is 7.88. The normalized spacial score (nSPS) is 17.6. The Kier molecular flexibility index (Phi) is 11.0. The maximum Gasteiger partial charge on any atom is 0.236 e. The van der Waals surface area contributed by atoms with E-state index in [0.29, 0.717) is 18.7 Å². The smallest absolute Gasteiger partial charge is 0.236 e. The fraction of sp³-hybridized carbons (Fsp3) is 0.636. The Balaban J connectivity index is 0.00000341. The number of carbonyl (C=O) groups excluding carboxylic acids is 1. The van der Waals surface area contributed by atoms with Crippen molar-refractivity contribution >= 4 is 35.8 Å². The summed E-state index contributed by atoms with van der Waals surface area (Å²) in [7, 11) is 1.56. The number of nitrogens with one attached hydrogen (secondary N) is 1. The highest BCUT2D eigenvalue weighted by molar-refractivity contribution is 14.0. The molecule has 0 spiro atoms. The zero-order chi connectivity index (χ0) is 21.3. The van der Waals surface area contributed by atoms with E-state index in [0.717, 1.165) is 70.2 Å². The minimum absolute atomic E-state index is 0. The van der Waals surface area contributed by atoms with Crippen LogP contribution in [0.3, 0.4) is 0 Å². The first-order valence-corrected chi connectivity index (χ1v) is 10.9. The van der Waals surface area contributed by atoms with Crippen LogP contribution in [0.15, 0.2) is 23.2 Å². The van der Waals surface area contributed by atoms with Crippen LogP contribution < -0.4 is 5.32 Å². The summed E-state index contributed by atoms with van der Waals surface area (Å²) in [5.41, 5.74) is 1.50. The average Bonchev–Trinajstić information content (AvgIpc) is 3.29. The number of nitrogens with zero attached hydrogens (tertiary/aromatic N) is 4. The van der Waals surface area contributed by atoms with Crippen molar-refractivity contribution in [2.24, 2.45) is 4.99 Å². The number of guanidine groups is 1. The second kappa shape index (κ2) is 13.2. The maximum atomic E-state index is 13.8. The van der Waals surface area contributed by atoms with Crippen molar-refractivity contribution in [1.29, 1.82) is 0 Å². The van der Waals surface area contributed by atoms with E-state index in [1.807, 2.05) is 11.0 Å². The van der Waals surface area contributed by atoms with E-state index >= 15 is 0 Å². The third kappa shape index (κ3) is 7.57. The van der Waals surface area contributed by atoms with Crippen molar-refractivity contribution in [2.45, 2.75) is 32.9 Å². The molecule has 2 heterocycles. The Morgan fingerprint density at radius 2 is 1.84 bits per heavy atom. The molecule has 0 atom stereocenters. The SMILES string of the molecule is CCNC(=NCc1ccc(F)c(COC)c1)N1CCN(CC(=O)N2CCCC2)CC1.I. The van der Waals surface area contributed by atoms with Crippen molar-refractivity contribution in [1.82, 2.24) is 20.0 Å². The van der Waals surface area contributed by atoms with Gasteiger partial charge in [-0.1, -0.05) is 6.07 Å². The van der Waals surface area contributed by atoms with Crippen LogP contribution in [0.5, 0.6) is 0 Å². The maximum absolute atomic E-state index is 13.8. The molecule has 0 bridgehead atoms. The highest BCUT2D eigenvalue weighted by Crippen LogP contribution is 2.13. The molecule has 2 aliphatic rings. The largest absolute Gasteiger partial charge is 0.380 e. The van der Waals surface area contributed by atoms with Crippen LogP contribution in [0, 0.1) is 5.82 Å². The van der Waals surface area contributed by atoms with Crippen molar-refractivity contribution in [3.05, 3.63) is 35.1 Å². The first-order valence-electron chi connectivity index (χ1n) is 10.9. The van der Waals surface area contributed by atoms with Gasteiger partial charge in [-0.25, -0.2) is 9.38 Å². The number of ether oxygens (including phenoxy) is 1. The first-order chi connectivity index (χ1) is 14.6. The lowest BCUT2D eigenvalue weighted by Gasteiger charge is -2.36. The Hall–Kier alpha value is -1.46. The Bertz CT molecular complexity index is 735. The molecule has 1 aromatic carbocycles. The summed E-state index contributed by atoms with van der Waals surface area (Å²) < 4.78 is 18.9. The Morgan fingerprint density at radius 3 is 2.48 bits per heavy atom. The van der Waals surface area contributed by atoms with E-state index in [-0.39, 0.29) is 42.3 Å². The predicted octanol–water partition coefficient (Wildman–Crippen LogP) is 2.30. The van der Waals surface area contributed by atoms with Crippen LogP contribution in [-0.4, -0.2) is 86.0 Å². The van der Waals surface area contributed by atoms with Crippen molar-refractivity contribution in [2.75, 3.05) is 59.5 Å². The Morgan fingerprint density at radius 1 is 1.13 bits per heavy atom. The van der Waals surface area contributed by atoms with Gasteiger partial charge in [-0.05, 0) is 37.5 Å². The van der Waals surface area contributed by atoms with Crippen LogP contribution in [0.1, 0.15) is 30.9 Å². The summed E-state index contributed by atoms with van der Waals surface area (Å²) in [5, 5.41) is 3.36. The number of amides is 1. The topological polar surface area (TPSA) is 60.4 Å². The lowest BCUT2D eigenvalue weighted by Crippen LogP contribution is -2.54. The molecule has 0 saturated carbocycles. The summed E-state index contributed by atoms with van der Waals surface area (Å²) >= 11 is 0. The van der Waals surface area contributed by atoms with Crippen molar-refractivity contribution in [3.63, 3.8) is 0 Å². The van der Waals surface area contributed by atoms with Gasteiger partial charge in [-0.2, -0.15) is 0 Å².